The zero-order valence-corrected chi connectivity index (χ0v) is 8.84. The molecule has 0 aliphatic heterocycles. The van der Waals surface area contributed by atoms with E-state index in [1.165, 1.54) is 0 Å². The van der Waals surface area contributed by atoms with Crippen molar-refractivity contribution in [2.24, 2.45) is 0 Å². The number of hydrogen-bond donors (Lipinski definition) is 2. The number of aromatic amines is 1. The lowest BCUT2D eigenvalue weighted by atomic mass is 10.1. The zero-order valence-electron chi connectivity index (χ0n) is 8.84. The minimum Gasteiger partial charge on any atom is -0.481 e. The lowest BCUT2D eigenvalue weighted by Crippen LogP contribution is -2.08. The Bertz CT molecular complexity index is 571. The van der Waals surface area contributed by atoms with Crippen LogP contribution >= 0.6 is 0 Å². The third-order valence-corrected chi connectivity index (χ3v) is 2.28. The summed E-state index contributed by atoms with van der Waals surface area (Å²) in [6.45, 7) is 0. The molecule has 0 saturated heterocycles. The fourth-order valence-electron chi connectivity index (χ4n) is 1.49. The summed E-state index contributed by atoms with van der Waals surface area (Å²) in [5.41, 5.74) is 0.407. The van der Waals surface area contributed by atoms with E-state index < -0.39 is 11.5 Å². The number of nitrogens with zero attached hydrogens (tertiary/aromatic N) is 1. The molecule has 2 rings (SSSR count). The highest BCUT2D eigenvalue weighted by Gasteiger charge is 2.16. The van der Waals surface area contributed by atoms with Crippen molar-refractivity contribution in [3.63, 3.8) is 0 Å². The second-order valence-corrected chi connectivity index (χ2v) is 3.45. The number of carbonyl (C=O) groups is 1. The van der Waals surface area contributed by atoms with Crippen molar-refractivity contribution in [1.29, 1.82) is 0 Å². The third kappa shape index (κ3) is 2.41. The summed E-state index contributed by atoms with van der Waals surface area (Å²) < 4.78 is 5.02. The number of H-pyrrole nitrogens is 1. The monoisotopic (exact) mass is 234 g/mol. The van der Waals surface area contributed by atoms with Crippen molar-refractivity contribution in [3.8, 4) is 11.5 Å². The fourth-order valence-corrected chi connectivity index (χ4v) is 1.49. The summed E-state index contributed by atoms with van der Waals surface area (Å²) in [6.07, 6.45) is 1.57. The first-order chi connectivity index (χ1) is 8.18. The Balaban J connectivity index is 2.36. The van der Waals surface area contributed by atoms with Gasteiger partial charge in [0, 0.05) is 12.6 Å². The van der Waals surface area contributed by atoms with Gasteiger partial charge < -0.3 is 9.63 Å². The predicted octanol–water partition coefficient (Wildman–Crippen LogP) is 1.05. The van der Waals surface area contributed by atoms with Gasteiger partial charge in [0.1, 0.15) is 5.69 Å². The van der Waals surface area contributed by atoms with Crippen LogP contribution in [0.1, 0.15) is 12.0 Å². The molecule has 0 saturated carbocycles. The molecule has 2 aromatic rings. The summed E-state index contributed by atoms with van der Waals surface area (Å²) in [5.74, 6) is -0.658. The SMILES string of the molecule is O=C(O)CCc1c(-c2ccccn2)o[nH]c1=O. The second-order valence-electron chi connectivity index (χ2n) is 3.45. The van der Waals surface area contributed by atoms with Gasteiger partial charge in [-0.05, 0) is 18.6 Å². The first-order valence-corrected chi connectivity index (χ1v) is 5.02. The van der Waals surface area contributed by atoms with E-state index in [4.69, 9.17) is 9.63 Å². The van der Waals surface area contributed by atoms with Crippen molar-refractivity contribution in [2.75, 3.05) is 0 Å². The van der Waals surface area contributed by atoms with Crippen molar-refractivity contribution < 1.29 is 14.4 Å². The quantitative estimate of drug-likeness (QED) is 0.824. The summed E-state index contributed by atoms with van der Waals surface area (Å²) in [6, 6.07) is 5.19. The average Bonchev–Trinajstić information content (AvgIpc) is 2.69. The molecule has 0 bridgehead atoms. The van der Waals surface area contributed by atoms with E-state index in [1.807, 2.05) is 0 Å². The van der Waals surface area contributed by atoms with Crippen LogP contribution in [0.25, 0.3) is 11.5 Å². The summed E-state index contributed by atoms with van der Waals surface area (Å²) in [5, 5.41) is 10.8. The number of carboxylic acids is 1. The van der Waals surface area contributed by atoms with Crippen LogP contribution in [0.2, 0.25) is 0 Å². The smallest absolute Gasteiger partial charge is 0.303 e. The molecule has 2 aromatic heterocycles. The van der Waals surface area contributed by atoms with Crippen molar-refractivity contribution in [3.05, 3.63) is 40.3 Å². The maximum Gasteiger partial charge on any atom is 0.303 e. The molecule has 6 heteroatoms. The second kappa shape index (κ2) is 4.65. The predicted molar refractivity (Wildman–Crippen MR) is 58.5 cm³/mol. The van der Waals surface area contributed by atoms with Gasteiger partial charge in [-0.3, -0.25) is 14.6 Å². The number of hydrogen-bond acceptors (Lipinski definition) is 4. The molecular weight excluding hydrogens is 224 g/mol. The minimum atomic E-state index is -0.961. The number of aromatic nitrogens is 2. The van der Waals surface area contributed by atoms with Crippen LogP contribution in [-0.4, -0.2) is 21.2 Å². The van der Waals surface area contributed by atoms with Crippen molar-refractivity contribution >= 4 is 5.97 Å². The topological polar surface area (TPSA) is 96.2 Å². The first kappa shape index (κ1) is 11.1. The first-order valence-electron chi connectivity index (χ1n) is 5.02. The van der Waals surface area contributed by atoms with E-state index in [9.17, 15) is 9.59 Å². The van der Waals surface area contributed by atoms with E-state index in [0.717, 1.165) is 0 Å². The molecule has 0 aliphatic carbocycles. The maximum atomic E-state index is 11.5. The summed E-state index contributed by atoms with van der Waals surface area (Å²) in [4.78, 5) is 26.0. The molecule has 0 radical (unpaired) electrons. The van der Waals surface area contributed by atoms with Gasteiger partial charge in [0.15, 0.2) is 5.76 Å². The van der Waals surface area contributed by atoms with Crippen molar-refractivity contribution in [1.82, 2.24) is 10.1 Å². The molecule has 0 unspecified atom stereocenters. The number of rotatable bonds is 4. The van der Waals surface area contributed by atoms with Gasteiger partial charge in [0.2, 0.25) is 0 Å². The van der Waals surface area contributed by atoms with E-state index in [1.54, 1.807) is 24.4 Å². The highest BCUT2D eigenvalue weighted by molar-refractivity contribution is 5.67. The van der Waals surface area contributed by atoms with Gasteiger partial charge in [-0.25, -0.2) is 0 Å². The molecule has 0 aliphatic rings. The molecule has 0 aromatic carbocycles. The molecular formula is C11H10N2O4. The van der Waals surface area contributed by atoms with E-state index in [-0.39, 0.29) is 12.8 Å². The number of pyridine rings is 1. The van der Waals surface area contributed by atoms with Crippen LogP contribution in [0.5, 0.6) is 0 Å². The van der Waals surface area contributed by atoms with Gasteiger partial charge in [-0.15, -0.1) is 0 Å². The molecule has 17 heavy (non-hydrogen) atoms. The highest BCUT2D eigenvalue weighted by Crippen LogP contribution is 2.19. The van der Waals surface area contributed by atoms with Crippen LogP contribution in [0.4, 0.5) is 0 Å². The minimum absolute atomic E-state index is 0.118. The van der Waals surface area contributed by atoms with Gasteiger partial charge in [-0.2, -0.15) is 5.16 Å². The van der Waals surface area contributed by atoms with Crippen molar-refractivity contribution in [2.45, 2.75) is 12.8 Å². The Kier molecular flexibility index (Phi) is 3.04. The number of aliphatic carboxylic acids is 1. The highest BCUT2D eigenvalue weighted by atomic mass is 16.5. The standard InChI is InChI=1S/C11H10N2O4/c14-9(15)5-4-7-10(17-13-11(7)16)8-3-1-2-6-12-8/h1-3,6H,4-5H2,(H,13,16)(H,14,15). The Morgan fingerprint density at radius 2 is 2.29 bits per heavy atom. The normalized spacial score (nSPS) is 10.4. The molecule has 6 nitrogen and oxygen atoms in total. The van der Waals surface area contributed by atoms with E-state index in [0.29, 0.717) is 17.0 Å². The fraction of sp³-hybridized carbons (Fsp3) is 0.182. The molecule has 0 spiro atoms. The Morgan fingerprint density at radius 1 is 1.47 bits per heavy atom. The Morgan fingerprint density at radius 3 is 2.94 bits per heavy atom. The summed E-state index contributed by atoms with van der Waals surface area (Å²) >= 11 is 0. The van der Waals surface area contributed by atoms with Crippen LogP contribution < -0.4 is 5.56 Å². The molecule has 2 heterocycles. The van der Waals surface area contributed by atoms with Crippen LogP contribution in [0, 0.1) is 0 Å². The number of nitrogens with one attached hydrogen (secondary N) is 1. The van der Waals surface area contributed by atoms with Crippen LogP contribution in [-0.2, 0) is 11.2 Å². The molecule has 88 valence electrons. The molecule has 0 amide bonds. The van der Waals surface area contributed by atoms with Crippen LogP contribution in [0.3, 0.4) is 0 Å². The maximum absolute atomic E-state index is 11.5. The van der Waals surface area contributed by atoms with Gasteiger partial charge in [0.05, 0.1) is 5.56 Å². The van der Waals surface area contributed by atoms with Crippen LogP contribution in [0.15, 0.2) is 33.7 Å². The largest absolute Gasteiger partial charge is 0.481 e. The molecule has 0 atom stereocenters. The van der Waals surface area contributed by atoms with E-state index in [2.05, 4.69) is 10.1 Å². The van der Waals surface area contributed by atoms with E-state index >= 15 is 0 Å². The lowest BCUT2D eigenvalue weighted by Gasteiger charge is -1.97. The third-order valence-electron chi connectivity index (χ3n) is 2.28. The van der Waals surface area contributed by atoms with Gasteiger partial charge in [-0.1, -0.05) is 6.07 Å². The van der Waals surface area contributed by atoms with Gasteiger partial charge in [0.25, 0.3) is 5.56 Å². The zero-order chi connectivity index (χ0) is 12.3. The Labute approximate surface area is 95.9 Å². The van der Waals surface area contributed by atoms with Gasteiger partial charge >= 0.3 is 5.97 Å². The lowest BCUT2D eigenvalue weighted by molar-refractivity contribution is -0.136. The Hall–Kier alpha value is -2.37. The number of carboxylic acid groups (broad SMARTS) is 1. The molecule has 2 N–H and O–H groups in total. The molecule has 0 fully saturated rings. The average molecular weight is 234 g/mol. The summed E-state index contributed by atoms with van der Waals surface area (Å²) in [7, 11) is 0.